The molecule has 1 aromatic carbocycles. The molecule has 126 valence electrons. The van der Waals surface area contributed by atoms with E-state index in [2.05, 4.69) is 10.3 Å². The minimum Gasteiger partial charge on any atom is -0.337 e. The largest absolute Gasteiger partial charge is 0.337 e. The lowest BCUT2D eigenvalue weighted by atomic mass is 10.2. The molecule has 0 radical (unpaired) electrons. The van der Waals surface area contributed by atoms with Crippen LogP contribution in [0.2, 0.25) is 0 Å². The Morgan fingerprint density at radius 2 is 2.04 bits per heavy atom. The van der Waals surface area contributed by atoms with Gasteiger partial charge >= 0.3 is 0 Å². The third kappa shape index (κ3) is 4.22. The van der Waals surface area contributed by atoms with E-state index in [1.807, 2.05) is 39.9 Å². The van der Waals surface area contributed by atoms with Gasteiger partial charge in [0.25, 0.3) is 0 Å². The second-order valence-corrected chi connectivity index (χ2v) is 6.12. The van der Waals surface area contributed by atoms with Crippen LogP contribution in [0, 0.1) is 0 Å². The highest BCUT2D eigenvalue weighted by Gasteiger charge is 2.31. The van der Waals surface area contributed by atoms with Crippen LogP contribution < -0.4 is 10.2 Å². The number of rotatable bonds is 7. The van der Waals surface area contributed by atoms with Crippen molar-refractivity contribution in [2.24, 2.45) is 0 Å². The van der Waals surface area contributed by atoms with Crippen molar-refractivity contribution in [2.75, 3.05) is 10.2 Å². The number of carbonyl (C=O) groups excluding carboxylic acids is 2. The van der Waals surface area contributed by atoms with Crippen molar-refractivity contribution in [1.82, 2.24) is 9.55 Å². The van der Waals surface area contributed by atoms with E-state index in [0.29, 0.717) is 12.5 Å². The number of amides is 2. The Morgan fingerprint density at radius 1 is 1.29 bits per heavy atom. The Morgan fingerprint density at radius 3 is 2.62 bits per heavy atom. The van der Waals surface area contributed by atoms with E-state index in [0.717, 1.165) is 37.2 Å². The molecule has 0 spiro atoms. The Kier molecular flexibility index (Phi) is 4.93. The average molecular weight is 326 g/mol. The summed E-state index contributed by atoms with van der Waals surface area (Å²) >= 11 is 0. The highest BCUT2D eigenvalue weighted by atomic mass is 16.2. The fourth-order valence-corrected chi connectivity index (χ4v) is 2.75. The summed E-state index contributed by atoms with van der Waals surface area (Å²) in [6.45, 7) is 2.37. The van der Waals surface area contributed by atoms with E-state index < -0.39 is 0 Å². The van der Waals surface area contributed by atoms with Crippen LogP contribution in [-0.4, -0.2) is 27.4 Å². The number of anilines is 2. The van der Waals surface area contributed by atoms with Crippen LogP contribution >= 0.6 is 0 Å². The molecule has 1 heterocycles. The highest BCUT2D eigenvalue weighted by Crippen LogP contribution is 2.32. The first kappa shape index (κ1) is 16.2. The minimum absolute atomic E-state index is 0.00603. The van der Waals surface area contributed by atoms with Crippen molar-refractivity contribution in [3.8, 4) is 0 Å². The first-order valence-corrected chi connectivity index (χ1v) is 8.29. The lowest BCUT2D eigenvalue weighted by Gasteiger charge is -2.21. The van der Waals surface area contributed by atoms with Crippen molar-refractivity contribution >= 4 is 23.2 Å². The van der Waals surface area contributed by atoms with Crippen LogP contribution in [0.4, 0.5) is 11.4 Å². The second kappa shape index (κ2) is 7.29. The van der Waals surface area contributed by atoms with Gasteiger partial charge in [-0.3, -0.25) is 9.59 Å². The standard InChI is InChI=1S/C18H22N4O2/c1-14(23)22(17-8-9-17)16-6-4-15(5-7-16)20-18(24)3-2-11-21-12-10-19-13-21/h4-7,10,12-13,17H,2-3,8-9,11H2,1H3,(H,20,24). The zero-order valence-corrected chi connectivity index (χ0v) is 13.8. The van der Waals surface area contributed by atoms with Crippen LogP contribution in [0.1, 0.15) is 32.6 Å². The number of aromatic nitrogens is 2. The van der Waals surface area contributed by atoms with Crippen molar-refractivity contribution < 1.29 is 9.59 Å². The molecule has 6 nitrogen and oxygen atoms in total. The maximum Gasteiger partial charge on any atom is 0.224 e. The molecular weight excluding hydrogens is 304 g/mol. The van der Waals surface area contributed by atoms with Crippen molar-refractivity contribution in [3.63, 3.8) is 0 Å². The molecule has 0 aliphatic heterocycles. The first-order valence-electron chi connectivity index (χ1n) is 8.29. The van der Waals surface area contributed by atoms with E-state index in [1.54, 1.807) is 19.4 Å². The Balaban J connectivity index is 1.50. The molecule has 1 aromatic heterocycles. The minimum atomic E-state index is -0.00603. The maximum atomic E-state index is 12.0. The van der Waals surface area contributed by atoms with Crippen molar-refractivity contribution in [2.45, 2.75) is 45.2 Å². The molecule has 2 amide bonds. The van der Waals surface area contributed by atoms with Gasteiger partial charge in [-0.2, -0.15) is 0 Å². The molecule has 1 saturated carbocycles. The molecule has 0 atom stereocenters. The van der Waals surface area contributed by atoms with Gasteiger partial charge in [-0.15, -0.1) is 0 Å². The smallest absolute Gasteiger partial charge is 0.224 e. The number of hydrogen-bond donors (Lipinski definition) is 1. The van der Waals surface area contributed by atoms with Gasteiger partial charge in [0.05, 0.1) is 6.33 Å². The summed E-state index contributed by atoms with van der Waals surface area (Å²) in [6.07, 6.45) is 8.72. The first-order chi connectivity index (χ1) is 11.6. The summed E-state index contributed by atoms with van der Waals surface area (Å²) in [4.78, 5) is 29.5. The predicted octanol–water partition coefficient (Wildman–Crippen LogP) is 2.82. The normalized spacial score (nSPS) is 13.5. The molecule has 0 unspecified atom stereocenters. The lowest BCUT2D eigenvalue weighted by Crippen LogP contribution is -2.30. The zero-order valence-electron chi connectivity index (χ0n) is 13.8. The quantitative estimate of drug-likeness (QED) is 0.851. The third-order valence-corrected chi connectivity index (χ3v) is 4.06. The Bertz CT molecular complexity index is 690. The number of aryl methyl sites for hydroxylation is 1. The maximum absolute atomic E-state index is 12.0. The summed E-state index contributed by atoms with van der Waals surface area (Å²) in [6, 6.07) is 7.82. The summed E-state index contributed by atoms with van der Waals surface area (Å²) < 4.78 is 1.95. The summed E-state index contributed by atoms with van der Waals surface area (Å²) in [5, 5.41) is 2.89. The summed E-state index contributed by atoms with van der Waals surface area (Å²) in [7, 11) is 0. The van der Waals surface area contributed by atoms with Gasteiger partial charge in [-0.1, -0.05) is 0 Å². The number of nitrogens with zero attached hydrogens (tertiary/aromatic N) is 3. The van der Waals surface area contributed by atoms with E-state index in [-0.39, 0.29) is 11.8 Å². The molecule has 1 N–H and O–H groups in total. The van der Waals surface area contributed by atoms with Crippen molar-refractivity contribution in [3.05, 3.63) is 43.0 Å². The summed E-state index contributed by atoms with van der Waals surface area (Å²) in [5.74, 6) is 0.0577. The molecule has 24 heavy (non-hydrogen) atoms. The second-order valence-electron chi connectivity index (χ2n) is 6.12. The highest BCUT2D eigenvalue weighted by molar-refractivity contribution is 5.94. The molecule has 0 bridgehead atoms. The number of benzene rings is 1. The molecule has 2 aromatic rings. The zero-order chi connectivity index (χ0) is 16.9. The van der Waals surface area contributed by atoms with Crippen LogP contribution in [0.25, 0.3) is 0 Å². The molecule has 1 aliphatic rings. The van der Waals surface area contributed by atoms with Gasteiger partial charge in [0.2, 0.25) is 11.8 Å². The van der Waals surface area contributed by atoms with E-state index in [1.165, 1.54) is 0 Å². The van der Waals surface area contributed by atoms with Gasteiger partial charge in [-0.05, 0) is 43.5 Å². The van der Waals surface area contributed by atoms with Gasteiger partial charge in [-0.25, -0.2) is 4.98 Å². The lowest BCUT2D eigenvalue weighted by molar-refractivity contribution is -0.117. The van der Waals surface area contributed by atoms with E-state index >= 15 is 0 Å². The molecule has 3 rings (SSSR count). The van der Waals surface area contributed by atoms with Gasteiger partial charge in [0, 0.05) is 49.7 Å². The molecule has 0 saturated heterocycles. The molecular formula is C18H22N4O2. The predicted molar refractivity (Wildman–Crippen MR) is 92.7 cm³/mol. The number of hydrogen-bond acceptors (Lipinski definition) is 3. The third-order valence-electron chi connectivity index (χ3n) is 4.06. The SMILES string of the molecule is CC(=O)N(c1ccc(NC(=O)CCCn2ccnc2)cc1)C1CC1. The van der Waals surface area contributed by atoms with Crippen LogP contribution in [-0.2, 0) is 16.1 Å². The Labute approximate surface area is 141 Å². The number of carbonyl (C=O) groups is 2. The van der Waals surface area contributed by atoms with Gasteiger partial charge in [0.1, 0.15) is 0 Å². The monoisotopic (exact) mass is 326 g/mol. The fraction of sp³-hybridized carbons (Fsp3) is 0.389. The molecule has 1 fully saturated rings. The van der Waals surface area contributed by atoms with Crippen LogP contribution in [0.3, 0.4) is 0 Å². The van der Waals surface area contributed by atoms with Gasteiger partial charge < -0.3 is 14.8 Å². The fourth-order valence-electron chi connectivity index (χ4n) is 2.75. The topological polar surface area (TPSA) is 67.2 Å². The number of nitrogens with one attached hydrogen (secondary N) is 1. The van der Waals surface area contributed by atoms with Crippen LogP contribution in [0.5, 0.6) is 0 Å². The molecule has 6 heteroatoms. The van der Waals surface area contributed by atoms with Crippen molar-refractivity contribution in [1.29, 1.82) is 0 Å². The molecule has 1 aliphatic carbocycles. The average Bonchev–Trinajstić information content (AvgIpc) is 3.23. The van der Waals surface area contributed by atoms with Crippen LogP contribution in [0.15, 0.2) is 43.0 Å². The van der Waals surface area contributed by atoms with Gasteiger partial charge in [0.15, 0.2) is 0 Å². The Hall–Kier alpha value is -2.63. The summed E-state index contributed by atoms with van der Waals surface area (Å²) in [5.41, 5.74) is 1.65. The number of imidazole rings is 1. The van der Waals surface area contributed by atoms with E-state index in [9.17, 15) is 9.59 Å². The van der Waals surface area contributed by atoms with E-state index in [4.69, 9.17) is 0 Å².